The van der Waals surface area contributed by atoms with Gasteiger partial charge in [-0.25, -0.2) is 13.6 Å². The first-order valence-electron chi connectivity index (χ1n) is 7.65. The van der Waals surface area contributed by atoms with E-state index in [0.717, 1.165) is 12.1 Å². The van der Waals surface area contributed by atoms with E-state index in [1.807, 2.05) is 0 Å². The fourth-order valence-corrected chi connectivity index (χ4v) is 4.77. The van der Waals surface area contributed by atoms with E-state index in [4.69, 9.17) is 5.14 Å². The van der Waals surface area contributed by atoms with Crippen LogP contribution >= 0.6 is 0 Å². The van der Waals surface area contributed by atoms with Gasteiger partial charge < -0.3 is 5.32 Å². The summed E-state index contributed by atoms with van der Waals surface area (Å²) in [4.78, 5) is -0.221. The van der Waals surface area contributed by atoms with Crippen LogP contribution in [-0.2, 0) is 30.3 Å². The molecule has 0 aliphatic carbocycles. The van der Waals surface area contributed by atoms with Gasteiger partial charge in [-0.1, -0.05) is 30.3 Å². The van der Waals surface area contributed by atoms with E-state index >= 15 is 0 Å². The molecule has 2 unspecified atom stereocenters. The molecule has 2 rings (SSSR count). The number of hydrogen-bond donors (Lipinski definition) is 4. The summed E-state index contributed by atoms with van der Waals surface area (Å²) in [5, 5.41) is 3.96. The Morgan fingerprint density at radius 3 is 1.70 bits per heavy atom. The zero-order valence-electron chi connectivity index (χ0n) is 16.2. The molecule has 0 aliphatic heterocycles. The third kappa shape index (κ3) is 8.84. The predicted molar refractivity (Wildman–Crippen MR) is 114 cm³/mol. The molecule has 0 amide bonds. The zero-order valence-corrected chi connectivity index (χ0v) is 22.7. The van der Waals surface area contributed by atoms with Gasteiger partial charge in [0.1, 0.15) is 5.25 Å². The number of benzene rings is 2. The van der Waals surface area contributed by atoms with Crippen LogP contribution in [0.15, 0.2) is 59.5 Å². The van der Waals surface area contributed by atoms with Gasteiger partial charge in [0.15, 0.2) is 5.37 Å². The molecule has 5 N–H and O–H groups in total. The van der Waals surface area contributed by atoms with Crippen molar-refractivity contribution in [3.63, 3.8) is 0 Å². The van der Waals surface area contributed by atoms with Crippen molar-refractivity contribution in [1.29, 1.82) is 0 Å². The average Bonchev–Trinajstić information content (AvgIpc) is 2.57. The summed E-state index contributed by atoms with van der Waals surface area (Å²) in [6, 6.07) is 12.0. The van der Waals surface area contributed by atoms with E-state index in [0.29, 0.717) is 0 Å². The van der Waals surface area contributed by atoms with E-state index in [2.05, 4.69) is 5.32 Å². The van der Waals surface area contributed by atoms with Crippen molar-refractivity contribution in [2.75, 3.05) is 5.32 Å². The van der Waals surface area contributed by atoms with Gasteiger partial charge in [0.05, 0.1) is 4.90 Å². The number of anilines is 1. The Hall–Kier alpha value is -0.0300. The first kappa shape index (κ1) is 30.0. The van der Waals surface area contributed by atoms with Gasteiger partial charge in [-0.2, -0.15) is 16.8 Å². The van der Waals surface area contributed by atoms with E-state index in [-0.39, 0.29) is 75.3 Å². The maximum Gasteiger partial charge on any atom is 0.286 e. The minimum atomic E-state index is -4.79. The molecule has 0 bridgehead atoms. The quantitative estimate of drug-likeness (QED) is 0.293. The van der Waals surface area contributed by atoms with Crippen molar-refractivity contribution in [2.24, 2.45) is 5.14 Å². The van der Waals surface area contributed by atoms with Crippen molar-refractivity contribution in [1.82, 2.24) is 0 Å². The van der Waals surface area contributed by atoms with Crippen LogP contribution in [0.2, 0.25) is 0 Å². The second-order valence-corrected chi connectivity index (χ2v) is 10.6. The molecule has 0 saturated carbocycles. The minimum Gasteiger partial charge on any atom is -0.367 e. The number of primary sulfonamides is 1. The van der Waals surface area contributed by atoms with Crippen LogP contribution in [0.1, 0.15) is 17.2 Å². The van der Waals surface area contributed by atoms with Gasteiger partial charge in [0.25, 0.3) is 20.2 Å². The molecule has 2 atom stereocenters. The van der Waals surface area contributed by atoms with Crippen LogP contribution < -0.4 is 10.5 Å². The molecule has 0 heterocycles. The first-order chi connectivity index (χ1) is 12.8. The Morgan fingerprint density at radius 2 is 1.30 bits per heavy atom. The molecule has 10 nitrogen and oxygen atoms in total. The summed E-state index contributed by atoms with van der Waals surface area (Å²) in [7, 11) is -13.5. The maximum atomic E-state index is 11.8. The number of hydrogen-bond acceptors (Lipinski definition) is 7. The van der Waals surface area contributed by atoms with Gasteiger partial charge in [-0.3, -0.25) is 9.11 Å². The Kier molecular flexibility index (Phi) is 11.7. The molecule has 2 aromatic rings. The van der Waals surface area contributed by atoms with Gasteiger partial charge in [0, 0.05) is 71.2 Å². The molecule has 15 heteroatoms. The molecule has 0 aromatic heterocycles. The summed E-state index contributed by atoms with van der Waals surface area (Å²) >= 11 is 0. The topological polar surface area (TPSA) is 181 Å². The van der Waals surface area contributed by atoms with Crippen LogP contribution in [0.5, 0.6) is 0 Å². The van der Waals surface area contributed by atoms with E-state index < -0.39 is 47.3 Å². The maximum absolute atomic E-state index is 11.8. The third-order valence-electron chi connectivity index (χ3n) is 3.83. The molecule has 156 valence electrons. The van der Waals surface area contributed by atoms with Crippen LogP contribution in [-0.4, -0.2) is 98.8 Å². The molecule has 30 heavy (non-hydrogen) atoms. The fraction of sp³-hybridized carbons (Fsp3) is 0.200. The summed E-state index contributed by atoms with van der Waals surface area (Å²) in [6.45, 7) is 0. The van der Waals surface area contributed by atoms with Crippen LogP contribution in [0.3, 0.4) is 0 Å². The molecule has 2 radical (unpaired) electrons. The Morgan fingerprint density at radius 1 is 0.800 bits per heavy atom. The largest absolute Gasteiger partial charge is 0.367 e. The second kappa shape index (κ2) is 11.7. The number of sulfonamides is 1. The molecule has 2 aromatic carbocycles. The molecular formula is C15H18N2Na2O8S3. The van der Waals surface area contributed by atoms with E-state index in [1.54, 1.807) is 6.07 Å². The summed E-state index contributed by atoms with van der Waals surface area (Å²) in [5.74, 6) is 0. The van der Waals surface area contributed by atoms with Gasteiger partial charge in [0.2, 0.25) is 10.0 Å². The summed E-state index contributed by atoms with van der Waals surface area (Å²) in [5.41, 5.74) is 0.210. The standard InChI is InChI=1S/C15H18N2O8S3.2Na/c16-26(18,19)13-8-6-12(7-9-13)17-15(28(23,24)25)10-14(27(20,21)22)11-4-2-1-3-5-11;;/h1-9,14-15,17H,10H2,(H2,16,18,19)(H,20,21,22)(H,23,24,25);;. The molecule has 0 spiro atoms. The minimum absolute atomic E-state index is 0. The summed E-state index contributed by atoms with van der Waals surface area (Å²) < 4.78 is 88.6. The van der Waals surface area contributed by atoms with E-state index in [9.17, 15) is 34.4 Å². The van der Waals surface area contributed by atoms with Crippen molar-refractivity contribution in [3.8, 4) is 0 Å². The Balaban J connectivity index is 0.00000420. The van der Waals surface area contributed by atoms with Gasteiger partial charge in [-0.05, 0) is 29.8 Å². The second-order valence-electron chi connectivity index (χ2n) is 5.87. The third-order valence-corrected chi connectivity index (χ3v) is 6.97. The molecule has 0 saturated heterocycles. The van der Waals surface area contributed by atoms with Crippen LogP contribution in [0.4, 0.5) is 5.69 Å². The van der Waals surface area contributed by atoms with Crippen molar-refractivity contribution >= 4 is 95.1 Å². The first-order valence-corrected chi connectivity index (χ1v) is 12.2. The molecule has 0 aliphatic rings. The monoisotopic (exact) mass is 496 g/mol. The SMILES string of the molecule is NS(=O)(=O)c1ccc(NC(CC(c2ccccc2)S(=O)(=O)O)S(=O)(=O)O)cc1.[Na].[Na]. The van der Waals surface area contributed by atoms with Crippen molar-refractivity contribution in [2.45, 2.75) is 21.9 Å². The van der Waals surface area contributed by atoms with Gasteiger partial charge in [-0.15, -0.1) is 0 Å². The summed E-state index contributed by atoms with van der Waals surface area (Å²) in [6.07, 6.45) is -0.710. The smallest absolute Gasteiger partial charge is 0.286 e. The zero-order chi connectivity index (χ0) is 21.2. The van der Waals surface area contributed by atoms with Gasteiger partial charge >= 0.3 is 0 Å². The van der Waals surface area contributed by atoms with Crippen LogP contribution in [0, 0.1) is 0 Å². The van der Waals surface area contributed by atoms with E-state index in [1.165, 1.54) is 36.4 Å². The molecule has 0 fully saturated rings. The van der Waals surface area contributed by atoms with Crippen molar-refractivity contribution < 1.29 is 34.4 Å². The van der Waals surface area contributed by atoms with Crippen LogP contribution in [0.25, 0.3) is 0 Å². The average molecular weight is 496 g/mol. The number of rotatable bonds is 8. The van der Waals surface area contributed by atoms with Crippen molar-refractivity contribution in [3.05, 3.63) is 60.2 Å². The fourth-order valence-electron chi connectivity index (χ4n) is 2.47. The predicted octanol–water partition coefficient (Wildman–Crippen LogP) is 0.217. The number of nitrogens with one attached hydrogen (secondary N) is 1. The Labute approximate surface area is 219 Å². The normalized spacial score (nSPS) is 14.0. The molecular weight excluding hydrogens is 478 g/mol. The Bertz CT molecular complexity index is 1140. The number of nitrogens with two attached hydrogens (primary N) is 1.